The minimum absolute atomic E-state index is 0.0117. The van der Waals surface area contributed by atoms with Crippen molar-refractivity contribution in [2.75, 3.05) is 13.1 Å². The highest BCUT2D eigenvalue weighted by molar-refractivity contribution is 5.87. The van der Waals surface area contributed by atoms with Gasteiger partial charge in [0, 0.05) is 25.2 Å². The third kappa shape index (κ3) is 5.42. The summed E-state index contributed by atoms with van der Waals surface area (Å²) in [5.41, 5.74) is 1.03. The molecule has 0 unspecified atom stereocenters. The van der Waals surface area contributed by atoms with Gasteiger partial charge in [0.15, 0.2) is 0 Å². The second-order valence-electron chi connectivity index (χ2n) is 3.74. The van der Waals surface area contributed by atoms with E-state index in [4.69, 9.17) is 0 Å². The van der Waals surface area contributed by atoms with Crippen LogP contribution in [0.3, 0.4) is 0 Å². The summed E-state index contributed by atoms with van der Waals surface area (Å²) in [7, 11) is 0. The molecule has 0 saturated heterocycles. The van der Waals surface area contributed by atoms with Crippen LogP contribution in [0, 0.1) is 0 Å². The zero-order valence-electron chi connectivity index (χ0n) is 8.39. The average molecular weight is 182 g/mol. The van der Waals surface area contributed by atoms with Gasteiger partial charge in [0.1, 0.15) is 0 Å². The topological polar surface area (TPSA) is 41.1 Å². The first kappa shape index (κ1) is 10.3. The molecule has 0 aliphatic heterocycles. The fraction of sp³-hybridized carbons (Fsp3) is 0.700. The number of hydrogen-bond donors (Lipinski definition) is 2. The Labute approximate surface area is 79.6 Å². The van der Waals surface area contributed by atoms with Gasteiger partial charge in [-0.15, -0.1) is 0 Å². The Morgan fingerprint density at radius 2 is 2.08 bits per heavy atom. The maximum atomic E-state index is 11.1. The number of nitrogens with one attached hydrogen (secondary N) is 2. The lowest BCUT2D eigenvalue weighted by Crippen LogP contribution is -2.31. The summed E-state index contributed by atoms with van der Waals surface area (Å²) in [4.78, 5) is 11.1. The molecule has 1 amide bonds. The van der Waals surface area contributed by atoms with Gasteiger partial charge in [-0.05, 0) is 26.7 Å². The van der Waals surface area contributed by atoms with E-state index in [2.05, 4.69) is 10.6 Å². The molecule has 0 aromatic rings. The zero-order valence-corrected chi connectivity index (χ0v) is 8.39. The van der Waals surface area contributed by atoms with Crippen molar-refractivity contribution in [1.29, 1.82) is 0 Å². The van der Waals surface area contributed by atoms with Crippen molar-refractivity contribution < 1.29 is 4.79 Å². The van der Waals surface area contributed by atoms with Crippen molar-refractivity contribution in [2.24, 2.45) is 0 Å². The molecule has 0 spiro atoms. The monoisotopic (exact) mass is 182 g/mol. The Morgan fingerprint density at radius 3 is 2.62 bits per heavy atom. The van der Waals surface area contributed by atoms with Gasteiger partial charge in [-0.1, -0.05) is 5.57 Å². The van der Waals surface area contributed by atoms with Crippen LogP contribution < -0.4 is 10.6 Å². The molecule has 0 aromatic heterocycles. The Balaban J connectivity index is 1.97. The van der Waals surface area contributed by atoms with Crippen molar-refractivity contribution in [3.05, 3.63) is 11.6 Å². The molecule has 1 aliphatic rings. The third-order valence-electron chi connectivity index (χ3n) is 1.85. The molecular formula is C10H18N2O. The lowest BCUT2D eigenvalue weighted by atomic mass is 10.3. The highest BCUT2D eigenvalue weighted by Gasteiger charge is 2.19. The smallest absolute Gasteiger partial charge is 0.243 e. The van der Waals surface area contributed by atoms with Crippen LogP contribution in [0.5, 0.6) is 0 Å². The first-order valence-electron chi connectivity index (χ1n) is 4.84. The van der Waals surface area contributed by atoms with Crippen LogP contribution in [0.15, 0.2) is 11.6 Å². The zero-order chi connectivity index (χ0) is 9.68. The molecule has 3 nitrogen and oxygen atoms in total. The Morgan fingerprint density at radius 1 is 1.38 bits per heavy atom. The number of allylic oxidation sites excluding steroid dienone is 1. The summed E-state index contributed by atoms with van der Waals surface area (Å²) in [6.45, 7) is 5.44. The van der Waals surface area contributed by atoms with Crippen molar-refractivity contribution in [3.63, 3.8) is 0 Å². The van der Waals surface area contributed by atoms with Crippen LogP contribution in [0.4, 0.5) is 0 Å². The summed E-state index contributed by atoms with van der Waals surface area (Å²) in [6.07, 6.45) is 4.21. The van der Waals surface area contributed by atoms with E-state index in [1.54, 1.807) is 6.08 Å². The van der Waals surface area contributed by atoms with Crippen LogP contribution in [0.1, 0.15) is 26.7 Å². The SMILES string of the molecule is CC(C)=CC(=O)NCCNC1CC1. The lowest BCUT2D eigenvalue weighted by molar-refractivity contribution is -0.116. The second-order valence-corrected chi connectivity index (χ2v) is 3.74. The van der Waals surface area contributed by atoms with E-state index in [1.807, 2.05) is 13.8 Å². The summed E-state index contributed by atoms with van der Waals surface area (Å²) in [5.74, 6) is 0.0117. The fourth-order valence-corrected chi connectivity index (χ4v) is 1.06. The molecule has 13 heavy (non-hydrogen) atoms. The first-order chi connectivity index (χ1) is 6.18. The Bertz CT molecular complexity index is 203. The predicted octanol–water partition coefficient (Wildman–Crippen LogP) is 0.821. The van der Waals surface area contributed by atoms with Crippen molar-refractivity contribution in [1.82, 2.24) is 10.6 Å². The van der Waals surface area contributed by atoms with Gasteiger partial charge in [0.05, 0.1) is 0 Å². The van der Waals surface area contributed by atoms with E-state index < -0.39 is 0 Å². The molecule has 0 radical (unpaired) electrons. The van der Waals surface area contributed by atoms with Gasteiger partial charge in [0.25, 0.3) is 0 Å². The number of hydrogen-bond acceptors (Lipinski definition) is 2. The van der Waals surface area contributed by atoms with Crippen LogP contribution >= 0.6 is 0 Å². The van der Waals surface area contributed by atoms with Gasteiger partial charge < -0.3 is 10.6 Å². The van der Waals surface area contributed by atoms with Gasteiger partial charge in [-0.3, -0.25) is 4.79 Å². The summed E-state index contributed by atoms with van der Waals surface area (Å²) < 4.78 is 0. The summed E-state index contributed by atoms with van der Waals surface area (Å²) in [6, 6.07) is 0.723. The maximum Gasteiger partial charge on any atom is 0.243 e. The number of rotatable bonds is 5. The van der Waals surface area contributed by atoms with Crippen LogP contribution in [-0.2, 0) is 4.79 Å². The molecule has 0 heterocycles. The number of carbonyl (C=O) groups excluding carboxylic acids is 1. The normalized spacial score (nSPS) is 15.2. The molecule has 74 valence electrons. The van der Waals surface area contributed by atoms with E-state index in [0.29, 0.717) is 0 Å². The summed E-state index contributed by atoms with van der Waals surface area (Å²) >= 11 is 0. The standard InChI is InChI=1S/C10H18N2O/c1-8(2)7-10(13)12-6-5-11-9-3-4-9/h7,9,11H,3-6H2,1-2H3,(H,12,13). The van der Waals surface area contributed by atoms with E-state index in [1.165, 1.54) is 12.8 Å². The molecule has 0 bridgehead atoms. The minimum Gasteiger partial charge on any atom is -0.351 e. The molecule has 3 heteroatoms. The fourth-order valence-electron chi connectivity index (χ4n) is 1.06. The third-order valence-corrected chi connectivity index (χ3v) is 1.85. The number of carbonyl (C=O) groups is 1. The van der Waals surface area contributed by atoms with Gasteiger partial charge in [-0.25, -0.2) is 0 Å². The molecular weight excluding hydrogens is 164 g/mol. The largest absolute Gasteiger partial charge is 0.351 e. The molecule has 2 N–H and O–H groups in total. The molecule has 1 fully saturated rings. The number of amides is 1. The van der Waals surface area contributed by atoms with Crippen molar-refractivity contribution in [2.45, 2.75) is 32.7 Å². The molecule has 1 aliphatic carbocycles. The van der Waals surface area contributed by atoms with Gasteiger partial charge >= 0.3 is 0 Å². The molecule has 1 saturated carbocycles. The molecule has 1 rings (SSSR count). The second kappa shape index (κ2) is 5.02. The maximum absolute atomic E-state index is 11.1. The van der Waals surface area contributed by atoms with Crippen LogP contribution in [-0.4, -0.2) is 25.0 Å². The quantitative estimate of drug-likeness (QED) is 0.488. The van der Waals surface area contributed by atoms with E-state index >= 15 is 0 Å². The predicted molar refractivity (Wildman–Crippen MR) is 53.5 cm³/mol. The van der Waals surface area contributed by atoms with Crippen LogP contribution in [0.2, 0.25) is 0 Å². The Hall–Kier alpha value is -0.830. The Kier molecular flexibility index (Phi) is 3.96. The summed E-state index contributed by atoms with van der Waals surface area (Å²) in [5, 5.41) is 6.15. The minimum atomic E-state index is 0.0117. The molecule has 0 aromatic carbocycles. The van der Waals surface area contributed by atoms with E-state index in [-0.39, 0.29) is 5.91 Å². The highest BCUT2D eigenvalue weighted by Crippen LogP contribution is 2.17. The van der Waals surface area contributed by atoms with Crippen molar-refractivity contribution in [3.8, 4) is 0 Å². The lowest BCUT2D eigenvalue weighted by Gasteiger charge is -2.03. The average Bonchev–Trinajstić information content (AvgIpc) is 2.80. The van der Waals surface area contributed by atoms with Crippen molar-refractivity contribution >= 4 is 5.91 Å². The molecule has 0 atom stereocenters. The first-order valence-corrected chi connectivity index (χ1v) is 4.84. The highest BCUT2D eigenvalue weighted by atomic mass is 16.1. The van der Waals surface area contributed by atoms with Gasteiger partial charge in [0.2, 0.25) is 5.91 Å². The van der Waals surface area contributed by atoms with E-state index in [0.717, 1.165) is 24.7 Å². The van der Waals surface area contributed by atoms with Crippen LogP contribution in [0.25, 0.3) is 0 Å². The van der Waals surface area contributed by atoms with Gasteiger partial charge in [-0.2, -0.15) is 0 Å². The van der Waals surface area contributed by atoms with E-state index in [9.17, 15) is 4.79 Å².